The maximum absolute atomic E-state index is 13.5. The molecule has 1 atom stereocenters. The zero-order valence-corrected chi connectivity index (χ0v) is 19.5. The highest BCUT2D eigenvalue weighted by Gasteiger charge is 2.46. The Morgan fingerprint density at radius 1 is 1.06 bits per heavy atom. The Labute approximate surface area is 188 Å². The first-order valence-electron chi connectivity index (χ1n) is 9.84. The van der Waals surface area contributed by atoms with Crippen molar-refractivity contribution in [1.29, 1.82) is 0 Å². The topological polar surface area (TPSA) is 96.3 Å². The molecule has 9 heteroatoms. The van der Waals surface area contributed by atoms with E-state index >= 15 is 0 Å². The minimum absolute atomic E-state index is 0.0434. The molecule has 1 aliphatic heterocycles. The van der Waals surface area contributed by atoms with Crippen LogP contribution < -0.4 is 4.90 Å². The SMILES string of the molecule is Cc1nnc(N2C(=O)C(O)=C(C(=O)c3sc(C)nc3C)C2c2ccc(C(C)C)cc2)s1. The lowest BCUT2D eigenvalue weighted by molar-refractivity contribution is -0.117. The Balaban J connectivity index is 1.87. The molecule has 31 heavy (non-hydrogen) atoms. The normalized spacial score (nSPS) is 16.6. The van der Waals surface area contributed by atoms with Gasteiger partial charge in [-0.2, -0.15) is 0 Å². The van der Waals surface area contributed by atoms with Crippen molar-refractivity contribution in [2.24, 2.45) is 0 Å². The first-order valence-corrected chi connectivity index (χ1v) is 11.5. The van der Waals surface area contributed by atoms with E-state index in [0.29, 0.717) is 26.6 Å². The summed E-state index contributed by atoms with van der Waals surface area (Å²) in [7, 11) is 0. The van der Waals surface area contributed by atoms with Gasteiger partial charge in [0.05, 0.1) is 27.2 Å². The minimum Gasteiger partial charge on any atom is -0.503 e. The third kappa shape index (κ3) is 3.68. The van der Waals surface area contributed by atoms with Crippen LogP contribution in [0, 0.1) is 20.8 Å². The quantitative estimate of drug-likeness (QED) is 0.555. The number of aliphatic hydroxyl groups is 1. The number of amides is 1. The number of hydrogen-bond acceptors (Lipinski definition) is 8. The van der Waals surface area contributed by atoms with Gasteiger partial charge in [-0.1, -0.05) is 49.4 Å². The van der Waals surface area contributed by atoms with E-state index in [1.54, 1.807) is 13.8 Å². The molecule has 1 aromatic carbocycles. The van der Waals surface area contributed by atoms with E-state index in [-0.39, 0.29) is 5.57 Å². The second-order valence-electron chi connectivity index (χ2n) is 7.74. The van der Waals surface area contributed by atoms with E-state index in [9.17, 15) is 14.7 Å². The third-order valence-electron chi connectivity index (χ3n) is 5.20. The molecular weight excluding hydrogens is 432 g/mol. The molecule has 1 aliphatic rings. The molecule has 0 bridgehead atoms. The number of nitrogens with zero attached hydrogens (tertiary/aromatic N) is 4. The van der Waals surface area contributed by atoms with Crippen LogP contribution in [0.4, 0.5) is 5.13 Å². The van der Waals surface area contributed by atoms with Gasteiger partial charge in [0.1, 0.15) is 5.01 Å². The summed E-state index contributed by atoms with van der Waals surface area (Å²) in [6, 6.07) is 6.95. The zero-order chi connectivity index (χ0) is 22.4. The van der Waals surface area contributed by atoms with E-state index in [4.69, 9.17) is 0 Å². The number of aryl methyl sites for hydroxylation is 3. The van der Waals surface area contributed by atoms with Crippen molar-refractivity contribution in [2.45, 2.75) is 46.6 Å². The largest absolute Gasteiger partial charge is 0.503 e. The Hall–Kier alpha value is -2.91. The Morgan fingerprint density at radius 3 is 2.26 bits per heavy atom. The summed E-state index contributed by atoms with van der Waals surface area (Å²) in [4.78, 5) is 32.7. The van der Waals surface area contributed by atoms with Gasteiger partial charge in [-0.3, -0.25) is 14.5 Å². The number of carbonyl (C=O) groups excluding carboxylic acids is 2. The van der Waals surface area contributed by atoms with Gasteiger partial charge in [-0.25, -0.2) is 4.98 Å². The highest BCUT2D eigenvalue weighted by molar-refractivity contribution is 7.15. The maximum Gasteiger partial charge on any atom is 0.296 e. The molecule has 0 saturated carbocycles. The zero-order valence-electron chi connectivity index (χ0n) is 17.8. The van der Waals surface area contributed by atoms with Gasteiger partial charge in [-0.15, -0.1) is 21.5 Å². The van der Waals surface area contributed by atoms with Gasteiger partial charge in [0.15, 0.2) is 5.76 Å². The number of aliphatic hydroxyl groups excluding tert-OH is 1. The van der Waals surface area contributed by atoms with Gasteiger partial charge in [-0.05, 0) is 37.8 Å². The molecule has 3 heterocycles. The average Bonchev–Trinajstić information content (AvgIpc) is 3.37. The number of anilines is 1. The second kappa shape index (κ2) is 7.97. The van der Waals surface area contributed by atoms with Crippen molar-refractivity contribution in [2.75, 3.05) is 4.90 Å². The van der Waals surface area contributed by atoms with Crippen molar-refractivity contribution in [3.05, 3.63) is 67.3 Å². The smallest absolute Gasteiger partial charge is 0.296 e. The number of aromatic nitrogens is 3. The molecule has 1 N–H and O–H groups in total. The van der Waals surface area contributed by atoms with E-state index in [1.807, 2.05) is 31.2 Å². The summed E-state index contributed by atoms with van der Waals surface area (Å²) in [5.41, 5.74) is 2.49. The van der Waals surface area contributed by atoms with Crippen LogP contribution in [0.3, 0.4) is 0 Å². The molecule has 2 aromatic heterocycles. The van der Waals surface area contributed by atoms with Crippen molar-refractivity contribution in [3.8, 4) is 0 Å². The summed E-state index contributed by atoms with van der Waals surface area (Å²) in [5, 5.41) is 20.7. The lowest BCUT2D eigenvalue weighted by Crippen LogP contribution is -2.31. The number of rotatable bonds is 5. The Kier molecular flexibility index (Phi) is 5.49. The minimum atomic E-state index is -0.796. The fraction of sp³-hybridized carbons (Fsp3) is 0.318. The third-order valence-corrected chi connectivity index (χ3v) is 7.11. The van der Waals surface area contributed by atoms with Crippen LogP contribution in [0.25, 0.3) is 0 Å². The standard InChI is InChI=1S/C22H22N4O3S2/c1-10(2)14-6-8-15(9-7-14)17-16(18(27)20-11(3)23-12(4)30-20)19(28)21(29)26(17)22-25-24-13(5)31-22/h6-10,17,28H,1-5H3. The van der Waals surface area contributed by atoms with Crippen LogP contribution in [0.1, 0.15) is 62.3 Å². The van der Waals surface area contributed by atoms with Crippen LogP contribution in [-0.4, -0.2) is 32.0 Å². The Morgan fingerprint density at radius 2 is 1.74 bits per heavy atom. The number of hydrogen-bond donors (Lipinski definition) is 1. The molecule has 1 amide bonds. The average molecular weight is 455 g/mol. The predicted molar refractivity (Wildman–Crippen MR) is 121 cm³/mol. The van der Waals surface area contributed by atoms with E-state index in [0.717, 1.165) is 16.1 Å². The van der Waals surface area contributed by atoms with Crippen LogP contribution >= 0.6 is 22.7 Å². The van der Waals surface area contributed by atoms with E-state index < -0.39 is 23.5 Å². The van der Waals surface area contributed by atoms with Gasteiger partial charge in [0.2, 0.25) is 10.9 Å². The molecule has 0 spiro atoms. The predicted octanol–water partition coefficient (Wildman–Crippen LogP) is 4.83. The van der Waals surface area contributed by atoms with Crippen molar-refractivity contribution < 1.29 is 14.7 Å². The van der Waals surface area contributed by atoms with Crippen LogP contribution in [0.2, 0.25) is 0 Å². The Bertz CT molecular complexity index is 1210. The summed E-state index contributed by atoms with van der Waals surface area (Å²) < 4.78 is 0. The lowest BCUT2D eigenvalue weighted by atomic mass is 9.93. The van der Waals surface area contributed by atoms with E-state index in [1.165, 1.54) is 27.6 Å². The maximum atomic E-state index is 13.5. The van der Waals surface area contributed by atoms with Gasteiger partial charge in [0.25, 0.3) is 5.91 Å². The fourth-order valence-corrected chi connectivity index (χ4v) is 5.25. The number of Topliss-reactive ketones (excluding diaryl/α,β-unsaturated/α-hetero) is 1. The molecule has 7 nitrogen and oxygen atoms in total. The highest BCUT2D eigenvalue weighted by Crippen LogP contribution is 2.43. The van der Waals surface area contributed by atoms with Crippen LogP contribution in [-0.2, 0) is 4.79 Å². The van der Waals surface area contributed by atoms with Crippen molar-refractivity contribution in [3.63, 3.8) is 0 Å². The molecular formula is C22H22N4O3S2. The number of carbonyl (C=O) groups is 2. The van der Waals surface area contributed by atoms with Gasteiger partial charge in [0, 0.05) is 0 Å². The first-order chi connectivity index (χ1) is 14.7. The molecule has 1 unspecified atom stereocenters. The van der Waals surface area contributed by atoms with Crippen molar-refractivity contribution >= 4 is 39.5 Å². The van der Waals surface area contributed by atoms with Crippen molar-refractivity contribution in [1.82, 2.24) is 15.2 Å². The molecule has 0 radical (unpaired) electrons. The fourth-order valence-electron chi connectivity index (χ4n) is 3.66. The summed E-state index contributed by atoms with van der Waals surface area (Å²) in [6.45, 7) is 9.56. The van der Waals surface area contributed by atoms with Gasteiger partial charge >= 0.3 is 0 Å². The van der Waals surface area contributed by atoms with Crippen LogP contribution in [0.15, 0.2) is 35.6 Å². The first kappa shape index (κ1) is 21.3. The number of benzene rings is 1. The molecule has 3 aromatic rings. The molecule has 0 aliphatic carbocycles. The molecule has 0 fully saturated rings. The monoisotopic (exact) mass is 454 g/mol. The lowest BCUT2D eigenvalue weighted by Gasteiger charge is -2.24. The van der Waals surface area contributed by atoms with Crippen LogP contribution in [0.5, 0.6) is 0 Å². The number of thiazole rings is 1. The highest BCUT2D eigenvalue weighted by atomic mass is 32.1. The number of ketones is 1. The second-order valence-corrected chi connectivity index (χ2v) is 10.1. The molecule has 0 saturated heterocycles. The van der Waals surface area contributed by atoms with E-state index in [2.05, 4.69) is 29.0 Å². The summed E-state index contributed by atoms with van der Waals surface area (Å²) in [6.07, 6.45) is 0. The summed E-state index contributed by atoms with van der Waals surface area (Å²) in [5.74, 6) is -1.26. The van der Waals surface area contributed by atoms with Gasteiger partial charge < -0.3 is 5.11 Å². The summed E-state index contributed by atoms with van der Waals surface area (Å²) >= 11 is 2.49. The molecule has 160 valence electrons. The molecule has 4 rings (SSSR count).